The largest absolute Gasteiger partial charge is 0.384 e. The fraction of sp³-hybridized carbons (Fsp3) is 0.667. The molecule has 1 unspecified atom stereocenters. The molecule has 5 nitrogen and oxygen atoms in total. The van der Waals surface area contributed by atoms with E-state index in [1.807, 2.05) is 12.1 Å². The van der Waals surface area contributed by atoms with Gasteiger partial charge in [0.05, 0.1) is 5.60 Å². The third-order valence-corrected chi connectivity index (χ3v) is 4.12. The summed E-state index contributed by atoms with van der Waals surface area (Å²) in [5.41, 5.74) is 6.80. The summed E-state index contributed by atoms with van der Waals surface area (Å²) < 4.78 is 11.4. The number of pyridine rings is 1. The molecule has 2 heterocycles. The number of nitrogens with two attached hydrogens (primary N) is 1. The van der Waals surface area contributed by atoms with Gasteiger partial charge in [0.2, 0.25) is 0 Å². The molecule has 0 amide bonds. The number of nitrogens with one attached hydrogen (secondary N) is 1. The Balaban J connectivity index is 2.16. The van der Waals surface area contributed by atoms with E-state index in [1.54, 1.807) is 13.3 Å². The summed E-state index contributed by atoms with van der Waals surface area (Å²) in [4.78, 5) is 4.05. The van der Waals surface area contributed by atoms with Gasteiger partial charge in [0.15, 0.2) is 0 Å². The topological polar surface area (TPSA) is 69.4 Å². The summed E-state index contributed by atoms with van der Waals surface area (Å²) >= 11 is 0. The van der Waals surface area contributed by atoms with Crippen LogP contribution in [0.5, 0.6) is 0 Å². The van der Waals surface area contributed by atoms with E-state index >= 15 is 0 Å². The molecule has 0 bridgehead atoms. The van der Waals surface area contributed by atoms with Crippen molar-refractivity contribution in [3.63, 3.8) is 0 Å². The fourth-order valence-electron chi connectivity index (χ4n) is 2.96. The zero-order valence-corrected chi connectivity index (χ0v) is 12.4. The van der Waals surface area contributed by atoms with Gasteiger partial charge in [-0.15, -0.1) is 0 Å². The van der Waals surface area contributed by atoms with Crippen LogP contribution in [0.2, 0.25) is 0 Å². The van der Waals surface area contributed by atoms with Crippen LogP contribution in [-0.4, -0.2) is 43.5 Å². The molecule has 0 spiro atoms. The van der Waals surface area contributed by atoms with Gasteiger partial charge < -0.3 is 20.5 Å². The predicted octanol–water partition coefficient (Wildman–Crippen LogP) is 1.38. The molecule has 1 aliphatic heterocycles. The minimum atomic E-state index is -0.160. The molecule has 5 heteroatoms. The Morgan fingerprint density at radius 1 is 1.50 bits per heavy atom. The van der Waals surface area contributed by atoms with Gasteiger partial charge in [-0.05, 0) is 30.7 Å². The van der Waals surface area contributed by atoms with Gasteiger partial charge in [0.25, 0.3) is 0 Å². The summed E-state index contributed by atoms with van der Waals surface area (Å²) in [5.74, 6) is 0.566. The average Bonchev–Trinajstić information content (AvgIpc) is 2.47. The third-order valence-electron chi connectivity index (χ3n) is 4.12. The van der Waals surface area contributed by atoms with Crippen molar-refractivity contribution in [2.45, 2.75) is 37.8 Å². The van der Waals surface area contributed by atoms with Gasteiger partial charge in [0.1, 0.15) is 5.82 Å². The van der Waals surface area contributed by atoms with Crippen molar-refractivity contribution in [1.82, 2.24) is 10.3 Å². The molecule has 1 aromatic rings. The zero-order chi connectivity index (χ0) is 14.4. The first-order valence-corrected chi connectivity index (χ1v) is 7.27. The van der Waals surface area contributed by atoms with Crippen molar-refractivity contribution in [1.29, 1.82) is 0 Å². The monoisotopic (exact) mass is 279 g/mol. The van der Waals surface area contributed by atoms with Gasteiger partial charge in [-0.3, -0.25) is 0 Å². The van der Waals surface area contributed by atoms with Crippen molar-refractivity contribution in [2.24, 2.45) is 0 Å². The number of methoxy groups -OCH3 is 1. The number of likely N-dealkylation sites (N-methyl/N-ethyl adjacent to an activating group) is 1. The van der Waals surface area contributed by atoms with Crippen LogP contribution in [0.15, 0.2) is 18.3 Å². The van der Waals surface area contributed by atoms with Crippen LogP contribution < -0.4 is 11.1 Å². The SMILES string of the molecule is CCNC(Cc1ccnc(N)c1)C1(OC)CCOCC1. The summed E-state index contributed by atoms with van der Waals surface area (Å²) in [5, 5.41) is 3.57. The predicted molar refractivity (Wildman–Crippen MR) is 79.6 cm³/mol. The number of hydrogen-bond acceptors (Lipinski definition) is 5. The summed E-state index contributed by atoms with van der Waals surface area (Å²) in [6.07, 6.45) is 4.48. The first-order chi connectivity index (χ1) is 9.70. The van der Waals surface area contributed by atoms with Crippen LogP contribution in [0, 0.1) is 0 Å². The molecular weight excluding hydrogens is 254 g/mol. The first-order valence-electron chi connectivity index (χ1n) is 7.27. The quantitative estimate of drug-likeness (QED) is 0.823. The fourth-order valence-corrected chi connectivity index (χ4v) is 2.96. The van der Waals surface area contributed by atoms with E-state index in [1.165, 1.54) is 5.56 Å². The molecule has 112 valence electrons. The van der Waals surface area contributed by atoms with Crippen molar-refractivity contribution in [3.8, 4) is 0 Å². The lowest BCUT2D eigenvalue weighted by atomic mass is 9.82. The van der Waals surface area contributed by atoms with E-state index in [0.29, 0.717) is 5.82 Å². The van der Waals surface area contributed by atoms with Gasteiger partial charge >= 0.3 is 0 Å². The van der Waals surface area contributed by atoms with Gasteiger partial charge in [-0.1, -0.05) is 6.92 Å². The van der Waals surface area contributed by atoms with Crippen molar-refractivity contribution in [2.75, 3.05) is 32.6 Å². The Morgan fingerprint density at radius 2 is 2.25 bits per heavy atom. The maximum absolute atomic E-state index is 5.91. The van der Waals surface area contributed by atoms with Crippen LogP contribution in [-0.2, 0) is 15.9 Å². The van der Waals surface area contributed by atoms with E-state index in [-0.39, 0.29) is 11.6 Å². The second-order valence-corrected chi connectivity index (χ2v) is 5.28. The summed E-state index contributed by atoms with van der Waals surface area (Å²) in [6, 6.07) is 4.21. The Kier molecular flexibility index (Phi) is 5.34. The highest BCUT2D eigenvalue weighted by Gasteiger charge is 2.40. The minimum absolute atomic E-state index is 0.160. The molecule has 1 aliphatic rings. The smallest absolute Gasteiger partial charge is 0.123 e. The second kappa shape index (κ2) is 7.02. The molecule has 0 saturated carbocycles. The molecule has 1 saturated heterocycles. The number of aromatic nitrogens is 1. The van der Waals surface area contributed by atoms with E-state index in [4.69, 9.17) is 15.2 Å². The van der Waals surface area contributed by atoms with Crippen LogP contribution in [0.1, 0.15) is 25.3 Å². The molecule has 0 aromatic carbocycles. The van der Waals surface area contributed by atoms with Gasteiger partial charge in [-0.2, -0.15) is 0 Å². The number of rotatable bonds is 6. The van der Waals surface area contributed by atoms with E-state index < -0.39 is 0 Å². The zero-order valence-electron chi connectivity index (χ0n) is 12.4. The lowest BCUT2D eigenvalue weighted by Crippen LogP contribution is -2.56. The Morgan fingerprint density at radius 3 is 2.85 bits per heavy atom. The Labute approximate surface area is 120 Å². The standard InChI is InChI=1S/C15H25N3O2/c1-3-17-13(10-12-4-7-18-14(16)11-12)15(19-2)5-8-20-9-6-15/h4,7,11,13,17H,3,5-6,8-10H2,1-2H3,(H2,16,18). The first kappa shape index (κ1) is 15.2. The van der Waals surface area contributed by atoms with Crippen LogP contribution in [0.4, 0.5) is 5.82 Å². The Bertz CT molecular complexity index is 419. The number of hydrogen-bond donors (Lipinski definition) is 2. The lowest BCUT2D eigenvalue weighted by Gasteiger charge is -2.42. The third kappa shape index (κ3) is 3.48. The number of anilines is 1. The lowest BCUT2D eigenvalue weighted by molar-refractivity contribution is -0.110. The van der Waals surface area contributed by atoms with Crippen molar-refractivity contribution in [3.05, 3.63) is 23.9 Å². The molecule has 1 atom stereocenters. The minimum Gasteiger partial charge on any atom is -0.384 e. The van der Waals surface area contributed by atoms with E-state index in [2.05, 4.69) is 17.2 Å². The molecule has 1 aromatic heterocycles. The maximum atomic E-state index is 5.91. The van der Waals surface area contributed by atoms with Crippen molar-refractivity contribution >= 4 is 5.82 Å². The van der Waals surface area contributed by atoms with E-state index in [9.17, 15) is 0 Å². The van der Waals surface area contributed by atoms with Gasteiger partial charge in [-0.25, -0.2) is 4.98 Å². The second-order valence-electron chi connectivity index (χ2n) is 5.28. The van der Waals surface area contributed by atoms with Crippen molar-refractivity contribution < 1.29 is 9.47 Å². The Hall–Kier alpha value is -1.17. The highest BCUT2D eigenvalue weighted by molar-refractivity contribution is 5.32. The molecule has 3 N–H and O–H groups in total. The van der Waals surface area contributed by atoms with Crippen LogP contribution >= 0.6 is 0 Å². The highest BCUT2D eigenvalue weighted by Crippen LogP contribution is 2.30. The van der Waals surface area contributed by atoms with Crippen LogP contribution in [0.3, 0.4) is 0 Å². The highest BCUT2D eigenvalue weighted by atomic mass is 16.5. The molecule has 1 fully saturated rings. The maximum Gasteiger partial charge on any atom is 0.123 e. The molecule has 2 rings (SSSR count). The molecule has 0 aliphatic carbocycles. The average molecular weight is 279 g/mol. The molecule has 20 heavy (non-hydrogen) atoms. The molecule has 0 radical (unpaired) electrons. The summed E-state index contributed by atoms with van der Waals surface area (Å²) in [7, 11) is 1.80. The number of nitrogen functional groups attached to an aromatic ring is 1. The number of nitrogens with zero attached hydrogens (tertiary/aromatic N) is 1. The molecular formula is C15H25N3O2. The van der Waals surface area contributed by atoms with Crippen LogP contribution in [0.25, 0.3) is 0 Å². The normalized spacial score (nSPS) is 19.7. The van der Waals surface area contributed by atoms with E-state index in [0.717, 1.165) is 39.0 Å². The number of ether oxygens (including phenoxy) is 2. The summed E-state index contributed by atoms with van der Waals surface area (Å²) in [6.45, 7) is 4.55. The van der Waals surface area contributed by atoms with Gasteiger partial charge in [0, 0.05) is 45.4 Å².